The molecule has 0 aliphatic rings. The maximum Gasteiger partial charge on any atom is 0.0850 e. The molecule has 1 unspecified atom stereocenters. The van der Waals surface area contributed by atoms with Crippen molar-refractivity contribution in [3.05, 3.63) is 50.7 Å². The van der Waals surface area contributed by atoms with Crippen molar-refractivity contribution in [3.8, 4) is 0 Å². The van der Waals surface area contributed by atoms with Crippen molar-refractivity contribution in [2.45, 2.75) is 39.3 Å². The van der Waals surface area contributed by atoms with Crippen LogP contribution in [-0.4, -0.2) is 9.78 Å². The Morgan fingerprint density at radius 3 is 2.67 bits per heavy atom. The molecule has 0 radical (unpaired) electrons. The molecule has 0 spiro atoms. The largest absolute Gasteiger partial charge is 0.271 e. The zero-order valence-electron chi connectivity index (χ0n) is 12.2. The monoisotopic (exact) mass is 370 g/mol. The number of nitrogens with two attached hydrogens (primary N) is 1. The first-order chi connectivity index (χ1) is 10.1. The summed E-state index contributed by atoms with van der Waals surface area (Å²) in [7, 11) is 0. The van der Waals surface area contributed by atoms with Crippen molar-refractivity contribution in [2.75, 3.05) is 0 Å². The van der Waals surface area contributed by atoms with Gasteiger partial charge in [0.1, 0.15) is 0 Å². The van der Waals surface area contributed by atoms with Gasteiger partial charge in [-0.3, -0.25) is 16.0 Å². The van der Waals surface area contributed by atoms with E-state index in [9.17, 15) is 0 Å². The Hall–Kier alpha value is -0.880. The number of aromatic nitrogens is 2. The van der Waals surface area contributed by atoms with Crippen LogP contribution in [0.1, 0.15) is 36.8 Å². The zero-order chi connectivity index (χ0) is 15.4. The molecule has 114 valence electrons. The molecule has 0 aliphatic carbocycles. The molecule has 1 heterocycles. The van der Waals surface area contributed by atoms with E-state index in [-0.39, 0.29) is 6.04 Å². The Morgan fingerprint density at radius 2 is 2.10 bits per heavy atom. The Balaban J connectivity index is 2.35. The minimum Gasteiger partial charge on any atom is -0.271 e. The van der Waals surface area contributed by atoms with Gasteiger partial charge in [-0.2, -0.15) is 5.10 Å². The van der Waals surface area contributed by atoms with Crippen LogP contribution in [0.3, 0.4) is 0 Å². The van der Waals surface area contributed by atoms with Crippen molar-refractivity contribution in [1.82, 2.24) is 15.2 Å². The number of nitrogens with zero attached hydrogens (tertiary/aromatic N) is 2. The second kappa shape index (κ2) is 7.40. The number of rotatable bonds is 6. The highest BCUT2D eigenvalue weighted by Crippen LogP contribution is 2.29. The van der Waals surface area contributed by atoms with Crippen LogP contribution in [0.5, 0.6) is 0 Å². The van der Waals surface area contributed by atoms with Crippen LogP contribution in [0, 0.1) is 0 Å². The van der Waals surface area contributed by atoms with E-state index in [2.05, 4.69) is 46.4 Å². The maximum atomic E-state index is 6.47. The molecule has 1 aromatic carbocycles. The molecule has 1 atom stereocenters. The summed E-state index contributed by atoms with van der Waals surface area (Å²) in [5.41, 5.74) is 5.96. The summed E-state index contributed by atoms with van der Waals surface area (Å²) in [5.74, 6) is 5.76. The predicted octanol–water partition coefficient (Wildman–Crippen LogP) is 3.63. The topological polar surface area (TPSA) is 55.9 Å². The Labute approximate surface area is 138 Å². The molecule has 3 N–H and O–H groups in total. The number of halogens is 2. The van der Waals surface area contributed by atoms with Gasteiger partial charge in [-0.05, 0) is 25.0 Å². The third-order valence-corrected chi connectivity index (χ3v) is 4.73. The number of nitrogens with one attached hydrogen (secondary N) is 1. The molecule has 2 aromatic rings. The Kier molecular flexibility index (Phi) is 5.81. The first kappa shape index (κ1) is 16.5. The highest BCUT2D eigenvalue weighted by Gasteiger charge is 2.20. The van der Waals surface area contributed by atoms with E-state index >= 15 is 0 Å². The van der Waals surface area contributed by atoms with E-state index in [0.717, 1.165) is 39.4 Å². The van der Waals surface area contributed by atoms with Crippen molar-refractivity contribution in [3.63, 3.8) is 0 Å². The van der Waals surface area contributed by atoms with E-state index < -0.39 is 0 Å². The molecule has 6 heteroatoms. The van der Waals surface area contributed by atoms with Crippen LogP contribution < -0.4 is 11.3 Å². The smallest absolute Gasteiger partial charge is 0.0850 e. The number of benzene rings is 1. The number of aryl methyl sites for hydroxylation is 2. The van der Waals surface area contributed by atoms with E-state index in [4.69, 9.17) is 17.4 Å². The van der Waals surface area contributed by atoms with Crippen molar-refractivity contribution in [1.29, 1.82) is 0 Å². The summed E-state index contributed by atoms with van der Waals surface area (Å²) >= 11 is 10.0. The van der Waals surface area contributed by atoms with Crippen LogP contribution in [0.2, 0.25) is 5.02 Å². The van der Waals surface area contributed by atoms with E-state index in [1.807, 2.05) is 22.9 Å². The molecule has 0 amide bonds. The van der Waals surface area contributed by atoms with Crippen LogP contribution in [0.4, 0.5) is 0 Å². The fourth-order valence-corrected chi connectivity index (χ4v) is 3.33. The van der Waals surface area contributed by atoms with Gasteiger partial charge in [-0.25, -0.2) is 0 Å². The lowest BCUT2D eigenvalue weighted by Crippen LogP contribution is -2.30. The molecule has 0 aliphatic heterocycles. The molecule has 4 nitrogen and oxygen atoms in total. The third kappa shape index (κ3) is 3.48. The van der Waals surface area contributed by atoms with Gasteiger partial charge in [-0.1, -0.05) is 52.7 Å². The highest BCUT2D eigenvalue weighted by atomic mass is 79.9. The Bertz CT molecular complexity index is 612. The van der Waals surface area contributed by atoms with Gasteiger partial charge in [0, 0.05) is 17.4 Å². The molecule has 0 fully saturated rings. The predicted molar refractivity (Wildman–Crippen MR) is 90.2 cm³/mol. The molecule has 21 heavy (non-hydrogen) atoms. The molecule has 2 rings (SSSR count). The van der Waals surface area contributed by atoms with Crippen molar-refractivity contribution < 1.29 is 0 Å². The Morgan fingerprint density at radius 1 is 1.38 bits per heavy atom. The minimum atomic E-state index is -0.0234. The fourth-order valence-electron chi connectivity index (χ4n) is 2.42. The molecule has 0 saturated carbocycles. The van der Waals surface area contributed by atoms with Gasteiger partial charge in [0.15, 0.2) is 0 Å². The van der Waals surface area contributed by atoms with E-state index in [1.54, 1.807) is 0 Å². The maximum absolute atomic E-state index is 6.47. The average molecular weight is 372 g/mol. The lowest BCUT2D eigenvalue weighted by atomic mass is 10.0. The summed E-state index contributed by atoms with van der Waals surface area (Å²) in [4.78, 5) is 0. The van der Waals surface area contributed by atoms with Gasteiger partial charge < -0.3 is 0 Å². The first-order valence-electron chi connectivity index (χ1n) is 7.06. The third-order valence-electron chi connectivity index (χ3n) is 3.57. The molecular weight excluding hydrogens is 352 g/mol. The number of hydrogen-bond donors (Lipinski definition) is 2. The quantitative estimate of drug-likeness (QED) is 0.602. The van der Waals surface area contributed by atoms with Gasteiger partial charge >= 0.3 is 0 Å². The van der Waals surface area contributed by atoms with Gasteiger partial charge in [-0.15, -0.1) is 0 Å². The van der Waals surface area contributed by atoms with Crippen LogP contribution in [0.25, 0.3) is 0 Å². The number of hydrogen-bond acceptors (Lipinski definition) is 3. The summed E-state index contributed by atoms with van der Waals surface area (Å²) in [6, 6.07) is 8.02. The van der Waals surface area contributed by atoms with Gasteiger partial charge in [0.05, 0.1) is 22.5 Å². The summed E-state index contributed by atoms with van der Waals surface area (Å²) in [5, 5.41) is 5.31. The highest BCUT2D eigenvalue weighted by molar-refractivity contribution is 9.10. The average Bonchev–Trinajstić information content (AvgIpc) is 2.81. The minimum absolute atomic E-state index is 0.0234. The summed E-state index contributed by atoms with van der Waals surface area (Å²) in [6.07, 6.45) is 1.52. The van der Waals surface area contributed by atoms with Gasteiger partial charge in [0.25, 0.3) is 0 Å². The second-order valence-corrected chi connectivity index (χ2v) is 6.05. The lowest BCUT2D eigenvalue weighted by Gasteiger charge is -2.18. The standard InChI is InChI=1S/C15H20BrClN4/c1-3-12-15(17)14(21(4-2)20-12)9-13(19-18)10-7-5-6-8-11(10)16/h5-8,13,19H,3-4,9,18H2,1-2H3. The summed E-state index contributed by atoms with van der Waals surface area (Å²) in [6.45, 7) is 4.92. The van der Waals surface area contributed by atoms with Crippen LogP contribution in [0.15, 0.2) is 28.7 Å². The van der Waals surface area contributed by atoms with Crippen molar-refractivity contribution in [2.24, 2.45) is 5.84 Å². The lowest BCUT2D eigenvalue weighted by molar-refractivity contribution is 0.515. The van der Waals surface area contributed by atoms with E-state index in [0.29, 0.717) is 6.42 Å². The summed E-state index contributed by atoms with van der Waals surface area (Å²) < 4.78 is 2.99. The van der Waals surface area contributed by atoms with Crippen LogP contribution in [-0.2, 0) is 19.4 Å². The molecule has 0 saturated heterocycles. The number of hydrazine groups is 1. The zero-order valence-corrected chi connectivity index (χ0v) is 14.6. The second-order valence-electron chi connectivity index (χ2n) is 4.82. The van der Waals surface area contributed by atoms with Crippen LogP contribution >= 0.6 is 27.5 Å². The fraction of sp³-hybridized carbons (Fsp3) is 0.400. The molecule has 0 bridgehead atoms. The normalized spacial score (nSPS) is 12.6. The van der Waals surface area contributed by atoms with Gasteiger partial charge in [0.2, 0.25) is 0 Å². The molecular formula is C15H20BrClN4. The SMILES string of the molecule is CCc1nn(CC)c(CC(NN)c2ccccc2Br)c1Cl. The molecule has 1 aromatic heterocycles. The van der Waals surface area contributed by atoms with E-state index in [1.165, 1.54) is 0 Å². The van der Waals surface area contributed by atoms with Crippen molar-refractivity contribution >= 4 is 27.5 Å². The first-order valence-corrected chi connectivity index (χ1v) is 8.24.